The summed E-state index contributed by atoms with van der Waals surface area (Å²) >= 11 is 0. The minimum atomic E-state index is -0.332. The zero-order chi connectivity index (χ0) is 24.4. The Balaban J connectivity index is 7.03. The molecule has 0 aliphatic heterocycles. The van der Waals surface area contributed by atoms with Crippen LogP contribution in [0.25, 0.3) is 0 Å². The molecular weight excluding hydrogens is 408 g/mol. The lowest BCUT2D eigenvalue weighted by Gasteiger charge is -2.51. The van der Waals surface area contributed by atoms with Crippen molar-refractivity contribution in [3.05, 3.63) is 0 Å². The summed E-state index contributed by atoms with van der Waals surface area (Å²) in [6.45, 7) is 36.3. The van der Waals surface area contributed by atoms with Gasteiger partial charge < -0.3 is 0 Å². The molecule has 30 heavy (non-hydrogen) atoms. The zero-order valence-electron chi connectivity index (χ0n) is 23.1. The fraction of sp³-hybridized carbons (Fsp3) is 1.00. The third-order valence-corrected chi connectivity index (χ3v) is 11.2. The second-order valence-electron chi connectivity index (χ2n) is 13.0. The average Bonchev–Trinajstić information content (AvgIpc) is 2.46. The lowest BCUT2D eigenvalue weighted by Crippen LogP contribution is -2.63. The highest BCUT2D eigenvalue weighted by molar-refractivity contribution is 7.91. The van der Waals surface area contributed by atoms with E-state index in [-0.39, 0.29) is 53.4 Å². The summed E-state index contributed by atoms with van der Waals surface area (Å²) in [5.41, 5.74) is -0.242. The molecule has 0 heterocycles. The van der Waals surface area contributed by atoms with E-state index in [0.29, 0.717) is 0 Å². The first-order valence-electron chi connectivity index (χ1n) is 11.5. The normalized spacial score (nSPS) is 20.7. The van der Waals surface area contributed by atoms with Gasteiger partial charge in [0.05, 0.1) is 20.6 Å². The standard InChI is InChI=1S/C24H54N4S2/c1-17-23(15,29(25-19(3,4)5)26-20(6,7)8)24(16,18-2)30(27-21(9,10)11)28-22(12,13)14/h17-18H2,1-16H3,(H,25,26)(H,27,28). The van der Waals surface area contributed by atoms with Gasteiger partial charge in [-0.25, -0.2) is 18.2 Å². The van der Waals surface area contributed by atoms with Crippen LogP contribution in [0, 0.1) is 0 Å². The van der Waals surface area contributed by atoms with Gasteiger partial charge >= 0.3 is 0 Å². The second kappa shape index (κ2) is 10.0. The summed E-state index contributed by atoms with van der Waals surface area (Å²) in [5.74, 6) is 0. The molecule has 0 saturated heterocycles. The van der Waals surface area contributed by atoms with Crippen molar-refractivity contribution in [3.63, 3.8) is 0 Å². The molecule has 0 aromatic carbocycles. The van der Waals surface area contributed by atoms with Gasteiger partial charge in [-0.1, -0.05) is 13.8 Å². The molecule has 0 aliphatic rings. The highest BCUT2D eigenvalue weighted by Crippen LogP contribution is 2.42. The van der Waals surface area contributed by atoms with Crippen molar-refractivity contribution in [1.29, 1.82) is 0 Å². The number of nitrogens with zero attached hydrogens (tertiary/aromatic N) is 2. The van der Waals surface area contributed by atoms with Crippen LogP contribution in [0.15, 0.2) is 8.73 Å². The van der Waals surface area contributed by atoms with Gasteiger partial charge in [-0.2, -0.15) is 0 Å². The molecule has 0 aromatic rings. The maximum atomic E-state index is 5.38. The van der Waals surface area contributed by atoms with Crippen LogP contribution in [-0.2, 0) is 21.8 Å². The van der Waals surface area contributed by atoms with Crippen molar-refractivity contribution in [2.75, 3.05) is 0 Å². The Morgan fingerprint density at radius 3 is 0.867 bits per heavy atom. The van der Waals surface area contributed by atoms with Crippen molar-refractivity contribution < 1.29 is 0 Å². The van der Waals surface area contributed by atoms with Gasteiger partial charge in [0, 0.05) is 11.1 Å². The molecule has 0 rings (SSSR count). The van der Waals surface area contributed by atoms with Gasteiger partial charge in [0.2, 0.25) is 0 Å². The first kappa shape index (κ1) is 30.2. The predicted molar refractivity (Wildman–Crippen MR) is 142 cm³/mol. The number of hydrogen-bond acceptors (Lipinski definition) is 2. The molecular formula is C24H54N4S2. The van der Waals surface area contributed by atoms with Crippen LogP contribution in [-0.4, -0.2) is 31.6 Å². The Morgan fingerprint density at radius 1 is 0.500 bits per heavy atom. The Hall–Kier alpha value is 0.220. The molecule has 4 atom stereocenters. The summed E-state index contributed by atoms with van der Waals surface area (Å²) in [6.07, 6.45) is 2.08. The first-order valence-corrected chi connectivity index (χ1v) is 13.9. The SMILES string of the molecule is CCC(C)(S(=NC(C)(C)C)NC(C)(C)C)C(C)(CC)S(=NC(C)(C)C)NC(C)(C)C. The van der Waals surface area contributed by atoms with Crippen molar-refractivity contribution in [1.82, 2.24) is 9.44 Å². The number of rotatable bonds is 7. The van der Waals surface area contributed by atoms with E-state index in [2.05, 4.69) is 120 Å². The topological polar surface area (TPSA) is 48.8 Å². The molecule has 4 unspecified atom stereocenters. The van der Waals surface area contributed by atoms with Crippen LogP contribution in [0.4, 0.5) is 0 Å². The van der Waals surface area contributed by atoms with E-state index in [1.165, 1.54) is 0 Å². The zero-order valence-corrected chi connectivity index (χ0v) is 24.8. The Bertz CT molecular complexity index is 572. The Morgan fingerprint density at radius 2 is 0.733 bits per heavy atom. The summed E-state index contributed by atoms with van der Waals surface area (Å²) in [5, 5.41) is 0. The summed E-state index contributed by atoms with van der Waals surface area (Å²) in [4.78, 5) is 0. The van der Waals surface area contributed by atoms with Gasteiger partial charge in [0.25, 0.3) is 0 Å². The molecule has 0 fully saturated rings. The van der Waals surface area contributed by atoms with E-state index < -0.39 is 0 Å². The summed E-state index contributed by atoms with van der Waals surface area (Å²) < 4.78 is 18.5. The molecule has 0 spiro atoms. The van der Waals surface area contributed by atoms with Crippen molar-refractivity contribution >= 4 is 21.8 Å². The molecule has 182 valence electrons. The number of nitrogens with one attached hydrogen (secondary N) is 2. The van der Waals surface area contributed by atoms with E-state index in [0.717, 1.165) is 12.8 Å². The highest BCUT2D eigenvalue weighted by atomic mass is 32.2. The van der Waals surface area contributed by atoms with Crippen LogP contribution >= 0.6 is 0 Å². The quantitative estimate of drug-likeness (QED) is 0.422. The Labute approximate surface area is 195 Å². The van der Waals surface area contributed by atoms with E-state index in [1.807, 2.05) is 0 Å². The maximum absolute atomic E-state index is 5.38. The largest absolute Gasteiger partial charge is 0.250 e. The molecule has 0 radical (unpaired) electrons. The monoisotopic (exact) mass is 462 g/mol. The van der Waals surface area contributed by atoms with Gasteiger partial charge in [0.15, 0.2) is 0 Å². The van der Waals surface area contributed by atoms with E-state index in [4.69, 9.17) is 8.73 Å². The van der Waals surface area contributed by atoms with E-state index in [9.17, 15) is 0 Å². The van der Waals surface area contributed by atoms with Gasteiger partial charge in [-0.3, -0.25) is 0 Å². The van der Waals surface area contributed by atoms with Gasteiger partial charge in [-0.05, 0) is 132 Å². The second-order valence-corrected chi connectivity index (χ2v) is 16.7. The molecule has 0 aromatic heterocycles. The third kappa shape index (κ3) is 9.38. The van der Waals surface area contributed by atoms with Crippen molar-refractivity contribution in [3.8, 4) is 0 Å². The third-order valence-electron chi connectivity index (χ3n) is 4.86. The van der Waals surface area contributed by atoms with Crippen LogP contribution in [0.5, 0.6) is 0 Å². The van der Waals surface area contributed by atoms with Crippen LogP contribution in [0.2, 0.25) is 0 Å². The fourth-order valence-corrected chi connectivity index (χ4v) is 8.36. The van der Waals surface area contributed by atoms with Crippen molar-refractivity contribution in [2.24, 2.45) is 8.73 Å². The molecule has 6 heteroatoms. The lowest BCUT2D eigenvalue weighted by molar-refractivity contribution is 0.419. The van der Waals surface area contributed by atoms with Crippen molar-refractivity contribution in [2.45, 2.75) is 155 Å². The lowest BCUT2D eigenvalue weighted by atomic mass is 9.89. The smallest absolute Gasteiger partial charge is 0.0606 e. The Kier molecular flexibility index (Phi) is 10.1. The maximum Gasteiger partial charge on any atom is 0.0606 e. The summed E-state index contributed by atoms with van der Waals surface area (Å²) in [7, 11) is -0.663. The first-order chi connectivity index (χ1) is 13.0. The number of hydrogen-bond donors (Lipinski definition) is 2. The molecule has 0 amide bonds. The van der Waals surface area contributed by atoms with Gasteiger partial charge in [0.1, 0.15) is 0 Å². The minimum absolute atomic E-state index is 0.0137. The molecule has 4 nitrogen and oxygen atoms in total. The van der Waals surface area contributed by atoms with Crippen LogP contribution < -0.4 is 9.44 Å². The van der Waals surface area contributed by atoms with Gasteiger partial charge in [-0.15, -0.1) is 0 Å². The fourth-order valence-electron chi connectivity index (χ4n) is 3.03. The van der Waals surface area contributed by atoms with E-state index >= 15 is 0 Å². The summed E-state index contributed by atoms with van der Waals surface area (Å²) in [6, 6.07) is 0. The molecule has 0 saturated carbocycles. The minimum Gasteiger partial charge on any atom is -0.250 e. The van der Waals surface area contributed by atoms with E-state index in [1.54, 1.807) is 0 Å². The molecule has 2 N–H and O–H groups in total. The van der Waals surface area contributed by atoms with Crippen LogP contribution in [0.3, 0.4) is 0 Å². The molecule has 0 bridgehead atoms. The highest BCUT2D eigenvalue weighted by Gasteiger charge is 2.50. The molecule has 0 aliphatic carbocycles. The van der Waals surface area contributed by atoms with Crippen LogP contribution in [0.1, 0.15) is 124 Å². The average molecular weight is 463 g/mol. The predicted octanol–water partition coefficient (Wildman–Crippen LogP) is 7.13.